The van der Waals surface area contributed by atoms with E-state index < -0.39 is 4.92 Å². The number of nitro benzene ring substituents is 1. The van der Waals surface area contributed by atoms with Crippen molar-refractivity contribution in [3.8, 4) is 23.1 Å². The summed E-state index contributed by atoms with van der Waals surface area (Å²) >= 11 is 0. The lowest BCUT2D eigenvalue weighted by Crippen LogP contribution is -2.31. The fraction of sp³-hybridized carbons (Fsp3) is 0.321. The summed E-state index contributed by atoms with van der Waals surface area (Å²) in [7, 11) is 7.26. The van der Waals surface area contributed by atoms with Gasteiger partial charge in [0.05, 0.1) is 34.5 Å². The fourth-order valence-corrected chi connectivity index (χ4v) is 4.55. The first-order valence-electron chi connectivity index (χ1n) is 12.5. The normalized spacial score (nSPS) is 11.0. The van der Waals surface area contributed by atoms with Gasteiger partial charge in [-0.3, -0.25) is 10.1 Å². The number of nitrogens with one attached hydrogen (secondary N) is 1. The van der Waals surface area contributed by atoms with Crippen LogP contribution in [-0.2, 0) is 7.05 Å². The molecule has 2 aromatic carbocycles. The van der Waals surface area contributed by atoms with E-state index in [0.717, 1.165) is 35.1 Å². The molecule has 11 nitrogen and oxygen atoms in total. The Hall–Kier alpha value is -4.69. The highest BCUT2D eigenvalue weighted by atomic mass is 16.6. The zero-order valence-corrected chi connectivity index (χ0v) is 23.0. The van der Waals surface area contributed by atoms with Gasteiger partial charge in [0.25, 0.3) is 5.69 Å². The van der Waals surface area contributed by atoms with Gasteiger partial charge in [0.15, 0.2) is 0 Å². The summed E-state index contributed by atoms with van der Waals surface area (Å²) in [6, 6.07) is 11.0. The summed E-state index contributed by atoms with van der Waals surface area (Å²) in [5.74, 6) is 0.669. The molecule has 0 unspecified atom stereocenters. The van der Waals surface area contributed by atoms with E-state index in [2.05, 4.69) is 33.2 Å². The highest BCUT2D eigenvalue weighted by Crippen LogP contribution is 2.39. The van der Waals surface area contributed by atoms with Crippen LogP contribution in [0.3, 0.4) is 0 Å². The Morgan fingerprint density at radius 1 is 1.23 bits per heavy atom. The van der Waals surface area contributed by atoms with Crippen LogP contribution in [0.1, 0.15) is 18.1 Å². The molecule has 0 fully saturated rings. The minimum atomic E-state index is -0.405. The van der Waals surface area contributed by atoms with Crippen molar-refractivity contribution >= 4 is 33.9 Å². The Balaban J connectivity index is 1.70. The molecule has 0 saturated heterocycles. The third-order valence-corrected chi connectivity index (χ3v) is 6.85. The molecule has 39 heavy (non-hydrogen) atoms. The topological polar surface area (TPSA) is 125 Å². The summed E-state index contributed by atoms with van der Waals surface area (Å²) in [6.07, 6.45) is 3.59. The number of likely N-dealkylation sites (N-methyl/N-ethyl adjacent to an activating group) is 2. The molecule has 0 radical (unpaired) electrons. The first-order chi connectivity index (χ1) is 18.7. The smallest absolute Gasteiger partial charge is 0.294 e. The van der Waals surface area contributed by atoms with Crippen LogP contribution in [0.2, 0.25) is 0 Å². The molecule has 4 rings (SSSR count). The third-order valence-electron chi connectivity index (χ3n) is 6.85. The van der Waals surface area contributed by atoms with Gasteiger partial charge in [0, 0.05) is 62.7 Å². The van der Waals surface area contributed by atoms with Crippen LogP contribution in [-0.4, -0.2) is 65.2 Å². The highest BCUT2D eigenvalue weighted by molar-refractivity contribution is 5.92. The minimum Gasteiger partial charge on any atom is -0.494 e. The van der Waals surface area contributed by atoms with Crippen LogP contribution in [0.15, 0.2) is 42.7 Å². The van der Waals surface area contributed by atoms with Gasteiger partial charge in [0.2, 0.25) is 5.95 Å². The van der Waals surface area contributed by atoms with Crippen LogP contribution < -0.4 is 15.0 Å². The molecule has 0 spiro atoms. The minimum absolute atomic E-state index is 0.0558. The van der Waals surface area contributed by atoms with Gasteiger partial charge in [-0.25, -0.2) is 9.97 Å². The van der Waals surface area contributed by atoms with Crippen molar-refractivity contribution < 1.29 is 9.66 Å². The number of rotatable bonds is 10. The first kappa shape index (κ1) is 27.3. The molecule has 0 amide bonds. The molecular formula is C28H32N8O3. The summed E-state index contributed by atoms with van der Waals surface area (Å²) < 4.78 is 7.53. The average Bonchev–Trinajstić information content (AvgIpc) is 3.23. The van der Waals surface area contributed by atoms with Crippen LogP contribution in [0.4, 0.5) is 23.0 Å². The third kappa shape index (κ3) is 5.61. The predicted molar refractivity (Wildman–Crippen MR) is 153 cm³/mol. The second-order valence-corrected chi connectivity index (χ2v) is 9.46. The van der Waals surface area contributed by atoms with Gasteiger partial charge in [-0.15, -0.1) is 0 Å². The molecule has 0 aliphatic carbocycles. The molecule has 0 saturated carbocycles. The number of fused-ring (bicyclic) bond motifs is 1. The molecule has 0 bridgehead atoms. The SMILES string of the molecule is CCN(C)CCN(C)c1cc(OC)c(Nc2nccc(-c3cc(C#N)c4c(c3)c(C)cn4C)n2)cc1[N+](=O)[O-]. The van der Waals surface area contributed by atoms with Crippen molar-refractivity contribution in [1.82, 2.24) is 19.4 Å². The molecular weight excluding hydrogens is 496 g/mol. The van der Waals surface area contributed by atoms with Gasteiger partial charge in [0.1, 0.15) is 17.5 Å². The Morgan fingerprint density at radius 2 is 2.00 bits per heavy atom. The molecule has 0 aliphatic rings. The quantitative estimate of drug-likeness (QED) is 0.227. The lowest BCUT2D eigenvalue weighted by atomic mass is 10.0. The summed E-state index contributed by atoms with van der Waals surface area (Å²) in [6.45, 7) is 6.32. The summed E-state index contributed by atoms with van der Waals surface area (Å²) in [4.78, 5) is 24.5. The van der Waals surface area contributed by atoms with Crippen LogP contribution in [0.5, 0.6) is 5.75 Å². The average molecular weight is 529 g/mol. The van der Waals surface area contributed by atoms with E-state index in [-0.39, 0.29) is 11.6 Å². The van der Waals surface area contributed by atoms with Crippen molar-refractivity contribution in [2.24, 2.45) is 7.05 Å². The number of nitro groups is 1. The van der Waals surface area contributed by atoms with Gasteiger partial charge in [-0.1, -0.05) is 6.92 Å². The molecule has 2 aromatic heterocycles. The maximum absolute atomic E-state index is 12.0. The zero-order valence-electron chi connectivity index (χ0n) is 23.0. The van der Waals surface area contributed by atoms with E-state index in [4.69, 9.17) is 4.74 Å². The van der Waals surface area contributed by atoms with E-state index in [1.54, 1.807) is 24.4 Å². The van der Waals surface area contributed by atoms with Gasteiger partial charge >= 0.3 is 0 Å². The van der Waals surface area contributed by atoms with Gasteiger partial charge in [-0.05, 0) is 44.3 Å². The Labute approximate surface area is 227 Å². The maximum Gasteiger partial charge on any atom is 0.294 e. The number of nitriles is 1. The second kappa shape index (κ2) is 11.4. The van der Waals surface area contributed by atoms with E-state index in [1.807, 2.05) is 49.8 Å². The standard InChI is InChI=1S/C28H32N8O3/c1-7-33(3)10-11-34(4)24-15-26(39-6)23(14-25(24)36(37)38)32-28-30-9-8-22(31-28)19-12-20(16-29)27-21(13-19)18(2)17-35(27)5/h8-9,12-15,17H,7,10-11H2,1-6H3,(H,30,31,32). The monoisotopic (exact) mass is 528 g/mol. The van der Waals surface area contributed by atoms with Crippen molar-refractivity contribution in [3.05, 3.63) is 64.0 Å². The molecule has 0 aliphatic heterocycles. The molecule has 11 heteroatoms. The summed E-state index contributed by atoms with van der Waals surface area (Å²) in [5, 5.41) is 25.8. The van der Waals surface area contributed by atoms with E-state index in [9.17, 15) is 15.4 Å². The number of ether oxygens (including phenoxy) is 1. The highest BCUT2D eigenvalue weighted by Gasteiger charge is 2.23. The van der Waals surface area contributed by atoms with E-state index >= 15 is 0 Å². The molecule has 2 heterocycles. The molecule has 202 valence electrons. The number of hydrogen-bond donors (Lipinski definition) is 1. The van der Waals surface area contributed by atoms with E-state index in [1.165, 1.54) is 13.2 Å². The van der Waals surface area contributed by atoms with Crippen molar-refractivity contribution in [1.29, 1.82) is 5.26 Å². The number of methoxy groups -OCH3 is 1. The largest absolute Gasteiger partial charge is 0.494 e. The van der Waals surface area contributed by atoms with Gasteiger partial charge in [-0.2, -0.15) is 5.26 Å². The molecule has 1 N–H and O–H groups in total. The first-order valence-corrected chi connectivity index (χ1v) is 12.5. The Morgan fingerprint density at radius 3 is 2.67 bits per heavy atom. The predicted octanol–water partition coefficient (Wildman–Crippen LogP) is 4.86. The van der Waals surface area contributed by atoms with Crippen LogP contribution >= 0.6 is 0 Å². The Kier molecular flexibility index (Phi) is 7.97. The molecule has 4 aromatic rings. The number of anilines is 3. The second-order valence-electron chi connectivity index (χ2n) is 9.46. The van der Waals surface area contributed by atoms with Crippen molar-refractivity contribution in [2.45, 2.75) is 13.8 Å². The van der Waals surface area contributed by atoms with Crippen LogP contribution in [0.25, 0.3) is 22.2 Å². The number of benzene rings is 2. The van der Waals surface area contributed by atoms with Crippen molar-refractivity contribution in [2.75, 3.05) is 51.1 Å². The fourth-order valence-electron chi connectivity index (χ4n) is 4.55. The number of aromatic nitrogens is 3. The number of nitrogens with zero attached hydrogens (tertiary/aromatic N) is 7. The van der Waals surface area contributed by atoms with Crippen molar-refractivity contribution in [3.63, 3.8) is 0 Å². The number of aryl methyl sites for hydroxylation is 2. The zero-order chi connectivity index (χ0) is 28.3. The maximum atomic E-state index is 12.0. The number of hydrogen-bond acceptors (Lipinski definition) is 9. The lowest BCUT2D eigenvalue weighted by Gasteiger charge is -2.23. The Bertz CT molecular complexity index is 1570. The molecule has 0 atom stereocenters. The van der Waals surface area contributed by atoms with E-state index in [0.29, 0.717) is 34.9 Å². The summed E-state index contributed by atoms with van der Waals surface area (Å²) in [5.41, 5.74) is 4.63. The van der Waals surface area contributed by atoms with Crippen LogP contribution in [0, 0.1) is 28.4 Å². The van der Waals surface area contributed by atoms with Gasteiger partial charge < -0.3 is 24.4 Å². The lowest BCUT2D eigenvalue weighted by molar-refractivity contribution is -0.384.